The lowest BCUT2D eigenvalue weighted by Crippen LogP contribution is -2.27. The molecule has 4 rings (SSSR count). The highest BCUT2D eigenvalue weighted by Gasteiger charge is 2.21. The van der Waals surface area contributed by atoms with Crippen molar-refractivity contribution >= 4 is 45.7 Å². The van der Waals surface area contributed by atoms with Crippen LogP contribution in [0.3, 0.4) is 0 Å². The van der Waals surface area contributed by atoms with Gasteiger partial charge in [-0.1, -0.05) is 35.9 Å². The Morgan fingerprint density at radius 1 is 1.10 bits per heavy atom. The molecule has 10 heteroatoms. The zero-order valence-electron chi connectivity index (χ0n) is 16.2. The van der Waals surface area contributed by atoms with Crippen molar-refractivity contribution in [1.82, 2.24) is 19.5 Å². The van der Waals surface area contributed by atoms with E-state index in [0.29, 0.717) is 27.4 Å². The van der Waals surface area contributed by atoms with Crippen LogP contribution in [0.25, 0.3) is 16.6 Å². The monoisotopic (exact) mass is 451 g/mol. The van der Waals surface area contributed by atoms with Crippen molar-refractivity contribution in [1.29, 1.82) is 5.26 Å². The summed E-state index contributed by atoms with van der Waals surface area (Å²) >= 11 is 12.2. The average molecular weight is 452 g/mol. The van der Waals surface area contributed by atoms with Gasteiger partial charge in [-0.2, -0.15) is 15.2 Å². The second-order valence-electron chi connectivity index (χ2n) is 6.66. The number of hydrogen-bond acceptors (Lipinski definition) is 7. The number of nitrogen functional groups attached to an aromatic ring is 1. The third-order valence-electron chi connectivity index (χ3n) is 4.65. The van der Waals surface area contributed by atoms with Gasteiger partial charge in [-0.15, -0.1) is 0 Å². The summed E-state index contributed by atoms with van der Waals surface area (Å²) in [5.74, 6) is 0.492. The lowest BCUT2D eigenvalue weighted by atomic mass is 10.2. The molecule has 0 fully saturated rings. The van der Waals surface area contributed by atoms with Crippen LogP contribution in [0.15, 0.2) is 53.3 Å². The predicted molar refractivity (Wildman–Crippen MR) is 121 cm³/mol. The normalized spacial score (nSPS) is 11.8. The fourth-order valence-corrected chi connectivity index (χ4v) is 3.68. The molecule has 2 aromatic carbocycles. The molecule has 0 bridgehead atoms. The van der Waals surface area contributed by atoms with Crippen LogP contribution in [0.5, 0.6) is 0 Å². The number of nitrogens with two attached hydrogens (primary N) is 1. The first-order chi connectivity index (χ1) is 14.9. The van der Waals surface area contributed by atoms with E-state index in [-0.39, 0.29) is 28.0 Å². The molecule has 0 saturated heterocycles. The van der Waals surface area contributed by atoms with E-state index >= 15 is 0 Å². The van der Waals surface area contributed by atoms with E-state index < -0.39 is 6.04 Å². The molecular formula is C21H15Cl2N7O. The Bertz CT molecular complexity index is 1400. The Kier molecular flexibility index (Phi) is 5.46. The molecule has 3 N–H and O–H groups in total. The smallest absolute Gasteiger partial charge is 0.267 e. The average Bonchev–Trinajstić information content (AvgIpc) is 2.74. The lowest BCUT2D eigenvalue weighted by molar-refractivity contribution is 0.730. The Balaban J connectivity index is 1.94. The van der Waals surface area contributed by atoms with Crippen LogP contribution in [0.2, 0.25) is 10.3 Å². The molecular weight excluding hydrogens is 437 g/mol. The maximum absolute atomic E-state index is 13.5. The van der Waals surface area contributed by atoms with Gasteiger partial charge < -0.3 is 11.1 Å². The van der Waals surface area contributed by atoms with E-state index in [0.717, 1.165) is 0 Å². The maximum atomic E-state index is 13.5. The second kappa shape index (κ2) is 8.22. The van der Waals surface area contributed by atoms with Crippen molar-refractivity contribution in [3.8, 4) is 11.8 Å². The highest BCUT2D eigenvalue weighted by atomic mass is 35.5. The van der Waals surface area contributed by atoms with Crippen LogP contribution in [0.4, 0.5) is 11.6 Å². The maximum Gasteiger partial charge on any atom is 0.267 e. The second-order valence-corrected chi connectivity index (χ2v) is 7.40. The standard InChI is InChI=1S/C21H15Cl2N7O/c1-11(26-18-13(10-24)17(25)28-21(23)29-18)19-27-15-9-5-8-14(22)16(15)20(31)30(19)12-6-3-2-4-7-12/h2-9,11H,1H3,(H3,25,26,28,29). The number of para-hydroxylation sites is 1. The molecule has 0 amide bonds. The molecule has 4 aromatic rings. The molecule has 0 aliphatic carbocycles. The summed E-state index contributed by atoms with van der Waals surface area (Å²) in [6, 6.07) is 15.6. The number of fused-ring (bicyclic) bond motifs is 1. The Morgan fingerprint density at radius 3 is 2.55 bits per heavy atom. The molecule has 1 atom stereocenters. The molecule has 1 unspecified atom stereocenters. The summed E-state index contributed by atoms with van der Waals surface area (Å²) < 4.78 is 1.48. The highest BCUT2D eigenvalue weighted by Crippen LogP contribution is 2.27. The number of nitrogens with one attached hydrogen (secondary N) is 1. The number of benzene rings is 2. The fourth-order valence-electron chi connectivity index (χ4n) is 3.26. The minimum Gasteiger partial charge on any atom is -0.382 e. The first-order valence-corrected chi connectivity index (χ1v) is 9.92. The van der Waals surface area contributed by atoms with Gasteiger partial charge in [-0.25, -0.2) is 4.98 Å². The molecule has 31 heavy (non-hydrogen) atoms. The van der Waals surface area contributed by atoms with Crippen molar-refractivity contribution in [2.75, 3.05) is 11.1 Å². The number of aromatic nitrogens is 4. The van der Waals surface area contributed by atoms with Crippen LogP contribution in [0, 0.1) is 11.3 Å². The number of anilines is 2. The van der Waals surface area contributed by atoms with Crippen molar-refractivity contribution < 1.29 is 0 Å². The molecule has 0 aliphatic heterocycles. The lowest BCUT2D eigenvalue weighted by Gasteiger charge is -2.21. The first-order valence-electron chi connectivity index (χ1n) is 9.17. The molecule has 2 heterocycles. The fraction of sp³-hybridized carbons (Fsp3) is 0.0952. The van der Waals surface area contributed by atoms with E-state index in [1.807, 2.05) is 24.3 Å². The van der Waals surface area contributed by atoms with Gasteiger partial charge in [0, 0.05) is 0 Å². The van der Waals surface area contributed by atoms with Crippen LogP contribution >= 0.6 is 23.2 Å². The van der Waals surface area contributed by atoms with Gasteiger partial charge in [0.2, 0.25) is 5.28 Å². The van der Waals surface area contributed by atoms with Crippen LogP contribution in [0.1, 0.15) is 24.4 Å². The largest absolute Gasteiger partial charge is 0.382 e. The highest BCUT2D eigenvalue weighted by molar-refractivity contribution is 6.35. The molecule has 0 spiro atoms. The van der Waals surface area contributed by atoms with Crippen molar-refractivity contribution in [3.63, 3.8) is 0 Å². The van der Waals surface area contributed by atoms with Gasteiger partial charge in [-0.05, 0) is 42.8 Å². The van der Waals surface area contributed by atoms with Gasteiger partial charge in [-0.3, -0.25) is 9.36 Å². The van der Waals surface area contributed by atoms with E-state index in [2.05, 4.69) is 15.3 Å². The quantitative estimate of drug-likeness (QED) is 0.447. The molecule has 2 aromatic heterocycles. The Morgan fingerprint density at radius 2 is 1.84 bits per heavy atom. The first kappa shape index (κ1) is 20.6. The summed E-state index contributed by atoms with van der Waals surface area (Å²) in [5.41, 5.74) is 6.61. The van der Waals surface area contributed by atoms with Gasteiger partial charge in [0.05, 0.1) is 27.7 Å². The van der Waals surface area contributed by atoms with Crippen molar-refractivity contribution in [2.24, 2.45) is 0 Å². The topological polar surface area (TPSA) is 123 Å². The summed E-state index contributed by atoms with van der Waals surface area (Å²) in [5, 5.41) is 13.0. The number of hydrogen-bond donors (Lipinski definition) is 2. The van der Waals surface area contributed by atoms with Crippen LogP contribution < -0.4 is 16.6 Å². The molecule has 154 valence electrons. The summed E-state index contributed by atoms with van der Waals surface area (Å²) in [7, 11) is 0. The number of rotatable bonds is 4. The molecule has 0 radical (unpaired) electrons. The van der Waals surface area contributed by atoms with Crippen molar-refractivity contribution in [3.05, 3.63) is 80.6 Å². The summed E-state index contributed by atoms with van der Waals surface area (Å²) in [6.45, 7) is 1.78. The van der Waals surface area contributed by atoms with Gasteiger partial charge >= 0.3 is 0 Å². The van der Waals surface area contributed by atoms with E-state index in [1.54, 1.807) is 37.3 Å². The summed E-state index contributed by atoms with van der Waals surface area (Å²) in [6.07, 6.45) is 0. The number of nitriles is 1. The Hall–Kier alpha value is -3.67. The van der Waals surface area contributed by atoms with Crippen LogP contribution in [-0.2, 0) is 0 Å². The Labute approximate surface area is 186 Å². The summed E-state index contributed by atoms with van der Waals surface area (Å²) in [4.78, 5) is 26.0. The van der Waals surface area contributed by atoms with E-state index in [1.165, 1.54) is 4.57 Å². The molecule has 0 saturated carbocycles. The zero-order valence-corrected chi connectivity index (χ0v) is 17.7. The molecule has 8 nitrogen and oxygen atoms in total. The third-order valence-corrected chi connectivity index (χ3v) is 5.13. The number of nitrogens with zero attached hydrogens (tertiary/aromatic N) is 5. The van der Waals surface area contributed by atoms with Crippen molar-refractivity contribution in [2.45, 2.75) is 13.0 Å². The van der Waals surface area contributed by atoms with Gasteiger partial charge in [0.25, 0.3) is 5.56 Å². The minimum absolute atomic E-state index is 0.0455. The zero-order chi connectivity index (χ0) is 22.1. The van der Waals surface area contributed by atoms with E-state index in [4.69, 9.17) is 33.9 Å². The third kappa shape index (κ3) is 3.77. The van der Waals surface area contributed by atoms with E-state index in [9.17, 15) is 10.1 Å². The van der Waals surface area contributed by atoms with Gasteiger partial charge in [0.15, 0.2) is 5.82 Å². The molecule has 0 aliphatic rings. The SMILES string of the molecule is CC(Nc1nc(Cl)nc(N)c1C#N)c1nc2cccc(Cl)c2c(=O)n1-c1ccccc1. The number of halogens is 2. The predicted octanol–water partition coefficient (Wildman–Crippen LogP) is 4.11. The van der Waals surface area contributed by atoms with Gasteiger partial charge in [0.1, 0.15) is 23.3 Å². The minimum atomic E-state index is -0.561. The van der Waals surface area contributed by atoms with Crippen LogP contribution in [-0.4, -0.2) is 19.5 Å².